The zero-order valence-corrected chi connectivity index (χ0v) is 9.74. The maximum absolute atomic E-state index is 3.50. The lowest BCUT2D eigenvalue weighted by molar-refractivity contribution is 0.159. The zero-order valence-electron chi connectivity index (χ0n) is 9.74. The fourth-order valence-corrected chi connectivity index (χ4v) is 1.81. The Kier molecular flexibility index (Phi) is 7.29. The molecule has 2 aliphatic rings. The van der Waals surface area contributed by atoms with Gasteiger partial charge in [0.15, 0.2) is 0 Å². The Balaban J connectivity index is 0.000000322. The molecule has 2 heterocycles. The average molecular weight is 186 g/mol. The number of piperidine rings is 1. The van der Waals surface area contributed by atoms with Gasteiger partial charge in [0.05, 0.1) is 0 Å². The minimum Gasteiger partial charge on any atom is -0.315 e. The lowest BCUT2D eigenvalue weighted by atomic mass is 9.81. The van der Waals surface area contributed by atoms with Crippen molar-refractivity contribution in [2.24, 2.45) is 0 Å². The second-order valence-electron chi connectivity index (χ2n) is 3.24. The lowest BCUT2D eigenvalue weighted by Crippen LogP contribution is -2.64. The van der Waals surface area contributed by atoms with Gasteiger partial charge in [-0.05, 0) is 32.4 Å². The Morgan fingerprint density at radius 2 is 1.54 bits per heavy atom. The standard InChI is InChI=1S/C7H14N2.2C2H6/c1-2-7(3-5-9-7)6-8-4-1;2*1-2/h8-9H,1-6H2;2*1-2H3. The molecule has 0 aliphatic carbocycles. The van der Waals surface area contributed by atoms with E-state index in [0.29, 0.717) is 5.54 Å². The van der Waals surface area contributed by atoms with E-state index in [4.69, 9.17) is 0 Å². The van der Waals surface area contributed by atoms with Crippen LogP contribution in [0.25, 0.3) is 0 Å². The first-order valence-electron chi connectivity index (χ1n) is 5.87. The fourth-order valence-electron chi connectivity index (χ4n) is 1.81. The summed E-state index contributed by atoms with van der Waals surface area (Å²) in [5.74, 6) is 0. The van der Waals surface area contributed by atoms with Crippen LogP contribution in [0.5, 0.6) is 0 Å². The Hall–Kier alpha value is -0.0800. The molecule has 0 saturated carbocycles. The first-order chi connectivity index (χ1) is 6.41. The van der Waals surface area contributed by atoms with Gasteiger partial charge in [0.2, 0.25) is 0 Å². The minimum absolute atomic E-state index is 0.540. The summed E-state index contributed by atoms with van der Waals surface area (Å²) in [6.45, 7) is 11.7. The van der Waals surface area contributed by atoms with Crippen LogP contribution in [-0.2, 0) is 0 Å². The van der Waals surface area contributed by atoms with E-state index >= 15 is 0 Å². The molecule has 1 atom stereocenters. The molecule has 2 heteroatoms. The van der Waals surface area contributed by atoms with Gasteiger partial charge in [-0.25, -0.2) is 0 Å². The van der Waals surface area contributed by atoms with Crippen molar-refractivity contribution in [3.63, 3.8) is 0 Å². The molecule has 2 aliphatic heterocycles. The molecule has 2 fully saturated rings. The molecule has 13 heavy (non-hydrogen) atoms. The van der Waals surface area contributed by atoms with Gasteiger partial charge in [0, 0.05) is 12.1 Å². The number of rotatable bonds is 0. The minimum atomic E-state index is 0.540. The smallest absolute Gasteiger partial charge is 0.0318 e. The van der Waals surface area contributed by atoms with Crippen LogP contribution in [0, 0.1) is 0 Å². The van der Waals surface area contributed by atoms with Crippen molar-refractivity contribution < 1.29 is 0 Å². The van der Waals surface area contributed by atoms with Crippen molar-refractivity contribution in [3.05, 3.63) is 0 Å². The molecule has 0 radical (unpaired) electrons. The van der Waals surface area contributed by atoms with Gasteiger partial charge in [-0.2, -0.15) is 0 Å². The summed E-state index contributed by atoms with van der Waals surface area (Å²) in [7, 11) is 0. The first kappa shape index (κ1) is 12.9. The molecule has 0 aromatic carbocycles. The van der Waals surface area contributed by atoms with E-state index in [0.717, 1.165) is 0 Å². The maximum atomic E-state index is 3.50. The molecular weight excluding hydrogens is 160 g/mol. The highest BCUT2D eigenvalue weighted by Crippen LogP contribution is 2.25. The van der Waals surface area contributed by atoms with Gasteiger partial charge in [-0.3, -0.25) is 0 Å². The summed E-state index contributed by atoms with van der Waals surface area (Å²) >= 11 is 0. The van der Waals surface area contributed by atoms with Gasteiger partial charge in [0.1, 0.15) is 0 Å². The van der Waals surface area contributed by atoms with Crippen LogP contribution in [0.2, 0.25) is 0 Å². The van der Waals surface area contributed by atoms with E-state index in [9.17, 15) is 0 Å². The van der Waals surface area contributed by atoms with Crippen molar-refractivity contribution in [3.8, 4) is 0 Å². The third-order valence-corrected chi connectivity index (χ3v) is 2.58. The third kappa shape index (κ3) is 3.65. The van der Waals surface area contributed by atoms with Crippen molar-refractivity contribution in [1.82, 2.24) is 10.6 Å². The molecule has 80 valence electrons. The third-order valence-electron chi connectivity index (χ3n) is 2.58. The van der Waals surface area contributed by atoms with Crippen LogP contribution in [0.3, 0.4) is 0 Å². The summed E-state index contributed by atoms with van der Waals surface area (Å²) in [6, 6.07) is 0. The van der Waals surface area contributed by atoms with Gasteiger partial charge in [-0.15, -0.1) is 0 Å². The first-order valence-corrected chi connectivity index (χ1v) is 5.87. The normalized spacial score (nSPS) is 30.5. The topological polar surface area (TPSA) is 24.1 Å². The highest BCUT2D eigenvalue weighted by atomic mass is 15.1. The quantitative estimate of drug-likeness (QED) is 0.606. The molecule has 0 amide bonds. The molecule has 2 saturated heterocycles. The van der Waals surface area contributed by atoms with Crippen LogP contribution in [0.1, 0.15) is 47.0 Å². The summed E-state index contributed by atoms with van der Waals surface area (Å²) in [6.07, 6.45) is 4.13. The second kappa shape index (κ2) is 7.34. The molecular formula is C11H26N2. The Morgan fingerprint density at radius 1 is 0.923 bits per heavy atom. The van der Waals surface area contributed by atoms with Crippen LogP contribution in [0.4, 0.5) is 0 Å². The predicted octanol–water partition coefficient (Wildman–Crippen LogP) is 2.15. The van der Waals surface area contributed by atoms with Gasteiger partial charge in [0.25, 0.3) is 0 Å². The Bertz CT molecular complexity index is 101. The summed E-state index contributed by atoms with van der Waals surface area (Å²) in [4.78, 5) is 0. The molecule has 0 aromatic heterocycles. The van der Waals surface area contributed by atoms with Crippen LogP contribution >= 0.6 is 0 Å². The van der Waals surface area contributed by atoms with Gasteiger partial charge >= 0.3 is 0 Å². The van der Waals surface area contributed by atoms with Crippen LogP contribution in [-0.4, -0.2) is 25.2 Å². The second-order valence-corrected chi connectivity index (χ2v) is 3.24. The van der Waals surface area contributed by atoms with Crippen molar-refractivity contribution in [2.45, 2.75) is 52.5 Å². The highest BCUT2D eigenvalue weighted by molar-refractivity contribution is 5.00. The summed E-state index contributed by atoms with van der Waals surface area (Å²) in [5, 5.41) is 6.91. The van der Waals surface area contributed by atoms with E-state index < -0.39 is 0 Å². The summed E-state index contributed by atoms with van der Waals surface area (Å²) < 4.78 is 0. The molecule has 2 rings (SSSR count). The molecule has 2 N–H and O–H groups in total. The number of hydrogen-bond donors (Lipinski definition) is 2. The van der Waals surface area contributed by atoms with E-state index in [1.54, 1.807) is 0 Å². The van der Waals surface area contributed by atoms with E-state index in [-0.39, 0.29) is 0 Å². The predicted molar refractivity (Wildman–Crippen MR) is 60.2 cm³/mol. The molecule has 0 aromatic rings. The van der Waals surface area contributed by atoms with Crippen molar-refractivity contribution in [1.29, 1.82) is 0 Å². The van der Waals surface area contributed by atoms with E-state index in [1.165, 1.54) is 38.9 Å². The highest BCUT2D eigenvalue weighted by Gasteiger charge is 2.36. The van der Waals surface area contributed by atoms with Crippen molar-refractivity contribution >= 4 is 0 Å². The average Bonchev–Trinajstić information content (AvgIpc) is 2.23. The molecule has 0 bridgehead atoms. The van der Waals surface area contributed by atoms with Gasteiger partial charge < -0.3 is 10.6 Å². The lowest BCUT2D eigenvalue weighted by Gasteiger charge is -2.46. The van der Waals surface area contributed by atoms with Crippen LogP contribution < -0.4 is 10.6 Å². The van der Waals surface area contributed by atoms with Gasteiger partial charge in [-0.1, -0.05) is 27.7 Å². The fraction of sp³-hybridized carbons (Fsp3) is 1.00. The number of nitrogens with one attached hydrogen (secondary N) is 2. The molecule has 1 unspecified atom stereocenters. The monoisotopic (exact) mass is 186 g/mol. The van der Waals surface area contributed by atoms with Crippen LogP contribution in [0.15, 0.2) is 0 Å². The maximum Gasteiger partial charge on any atom is 0.0318 e. The molecule has 1 spiro atoms. The summed E-state index contributed by atoms with van der Waals surface area (Å²) in [5.41, 5.74) is 0.540. The largest absolute Gasteiger partial charge is 0.315 e. The molecule has 2 nitrogen and oxygen atoms in total. The SMILES string of the molecule is C1CNCC2(C1)CCN2.CC.CC. The van der Waals surface area contributed by atoms with Crippen molar-refractivity contribution in [2.75, 3.05) is 19.6 Å². The Morgan fingerprint density at radius 3 is 1.77 bits per heavy atom. The van der Waals surface area contributed by atoms with E-state index in [2.05, 4.69) is 10.6 Å². The van der Waals surface area contributed by atoms with E-state index in [1.807, 2.05) is 27.7 Å². The zero-order chi connectivity index (χ0) is 10.2. The Labute approximate surface area is 83.5 Å². The number of hydrogen-bond acceptors (Lipinski definition) is 2.